The van der Waals surface area contributed by atoms with Gasteiger partial charge in [0.1, 0.15) is 10.8 Å². The van der Waals surface area contributed by atoms with Gasteiger partial charge in [0.2, 0.25) is 0 Å². The van der Waals surface area contributed by atoms with Gasteiger partial charge in [-0.25, -0.2) is 9.97 Å². The highest BCUT2D eigenvalue weighted by Gasteiger charge is 2.16. The van der Waals surface area contributed by atoms with E-state index in [0.29, 0.717) is 6.54 Å². The van der Waals surface area contributed by atoms with Gasteiger partial charge in [-0.2, -0.15) is 0 Å². The number of hydrogen-bond donors (Lipinski definition) is 0. The van der Waals surface area contributed by atoms with Crippen LogP contribution in [0.2, 0.25) is 0 Å². The normalized spacial score (nSPS) is 13.0. The number of alkyl halides is 1. The molecule has 0 saturated heterocycles. The van der Waals surface area contributed by atoms with Gasteiger partial charge in [-0.1, -0.05) is 15.9 Å². The zero-order valence-corrected chi connectivity index (χ0v) is 14.3. The molecule has 3 aromatic rings. The third-order valence-corrected chi connectivity index (χ3v) is 4.64. The quantitative estimate of drug-likeness (QED) is 0.613. The summed E-state index contributed by atoms with van der Waals surface area (Å²) < 4.78 is 3.17. The van der Waals surface area contributed by atoms with Gasteiger partial charge in [0, 0.05) is 15.5 Å². The van der Waals surface area contributed by atoms with E-state index in [1.54, 1.807) is 11.3 Å². The maximum absolute atomic E-state index is 6.28. The lowest BCUT2D eigenvalue weighted by molar-refractivity contribution is 0.738. The molecule has 0 aliphatic rings. The molecular weight excluding hydrogens is 358 g/mol. The average molecular weight is 371 g/mol. The second-order valence-electron chi connectivity index (χ2n) is 4.67. The number of thiazole rings is 1. The molecule has 0 bridgehead atoms. The first-order valence-corrected chi connectivity index (χ1v) is 8.30. The molecule has 1 unspecified atom stereocenters. The van der Waals surface area contributed by atoms with Gasteiger partial charge in [-0.3, -0.25) is 0 Å². The minimum absolute atomic E-state index is 0.137. The van der Waals surface area contributed by atoms with E-state index in [1.807, 2.05) is 25.3 Å². The highest BCUT2D eigenvalue weighted by atomic mass is 79.9. The second-order valence-corrected chi connectivity index (χ2v) is 7.56. The molecule has 20 heavy (non-hydrogen) atoms. The van der Waals surface area contributed by atoms with E-state index in [-0.39, 0.29) is 5.38 Å². The van der Waals surface area contributed by atoms with Crippen LogP contribution >= 0.6 is 38.9 Å². The molecule has 2 aromatic heterocycles. The van der Waals surface area contributed by atoms with Crippen LogP contribution in [-0.2, 0) is 6.54 Å². The van der Waals surface area contributed by atoms with Crippen molar-refractivity contribution < 1.29 is 0 Å². The van der Waals surface area contributed by atoms with Crippen LogP contribution in [0.1, 0.15) is 28.0 Å². The SMILES string of the molecule is Cc1cnc(Cn2c(C(C)Cl)nc3cc(Br)ccc32)s1. The fourth-order valence-corrected chi connectivity index (χ4v) is 3.49. The summed E-state index contributed by atoms with van der Waals surface area (Å²) in [5, 5.41) is 0.936. The van der Waals surface area contributed by atoms with Crippen molar-refractivity contribution >= 4 is 49.9 Å². The smallest absolute Gasteiger partial charge is 0.128 e. The van der Waals surface area contributed by atoms with E-state index in [2.05, 4.69) is 43.5 Å². The monoisotopic (exact) mass is 369 g/mol. The molecule has 6 heteroatoms. The van der Waals surface area contributed by atoms with E-state index in [0.717, 1.165) is 26.3 Å². The molecule has 2 heterocycles. The second kappa shape index (κ2) is 5.47. The van der Waals surface area contributed by atoms with Crippen molar-refractivity contribution in [2.45, 2.75) is 25.8 Å². The Hall–Kier alpha value is -0.910. The lowest BCUT2D eigenvalue weighted by Gasteiger charge is -2.08. The van der Waals surface area contributed by atoms with Crippen molar-refractivity contribution in [2.75, 3.05) is 0 Å². The number of aryl methyl sites for hydroxylation is 1. The van der Waals surface area contributed by atoms with E-state index in [4.69, 9.17) is 11.6 Å². The van der Waals surface area contributed by atoms with Gasteiger partial charge < -0.3 is 4.57 Å². The summed E-state index contributed by atoms with van der Waals surface area (Å²) in [5.74, 6) is 0.882. The zero-order chi connectivity index (χ0) is 14.3. The van der Waals surface area contributed by atoms with Gasteiger partial charge in [0.15, 0.2) is 0 Å². The summed E-state index contributed by atoms with van der Waals surface area (Å²) in [6.45, 7) is 4.72. The number of hydrogen-bond acceptors (Lipinski definition) is 3. The lowest BCUT2D eigenvalue weighted by atomic mass is 10.3. The van der Waals surface area contributed by atoms with Crippen LogP contribution in [0, 0.1) is 6.92 Å². The molecular formula is C14H13BrClN3S. The van der Waals surface area contributed by atoms with E-state index in [9.17, 15) is 0 Å². The first kappa shape index (κ1) is 14.0. The predicted octanol–water partition coefficient (Wildman–Crippen LogP) is 4.91. The summed E-state index contributed by atoms with van der Waals surface area (Å²) >= 11 is 11.5. The summed E-state index contributed by atoms with van der Waals surface area (Å²) in [5.41, 5.74) is 2.04. The van der Waals surface area contributed by atoms with Gasteiger partial charge in [-0.15, -0.1) is 22.9 Å². The number of benzene rings is 1. The molecule has 1 atom stereocenters. The first-order valence-electron chi connectivity index (χ1n) is 6.25. The molecule has 0 radical (unpaired) electrons. The fraction of sp³-hybridized carbons (Fsp3) is 0.286. The third-order valence-electron chi connectivity index (χ3n) is 3.06. The Balaban J connectivity index is 2.13. The molecule has 104 valence electrons. The number of rotatable bonds is 3. The average Bonchev–Trinajstić information content (AvgIpc) is 2.94. The zero-order valence-electron chi connectivity index (χ0n) is 11.1. The largest absolute Gasteiger partial charge is 0.320 e. The number of aromatic nitrogens is 3. The van der Waals surface area contributed by atoms with Crippen LogP contribution in [-0.4, -0.2) is 14.5 Å². The summed E-state index contributed by atoms with van der Waals surface area (Å²) in [7, 11) is 0. The lowest BCUT2D eigenvalue weighted by Crippen LogP contribution is -2.05. The Kier molecular flexibility index (Phi) is 3.84. The topological polar surface area (TPSA) is 30.7 Å². The Morgan fingerprint density at radius 1 is 1.45 bits per heavy atom. The molecule has 0 spiro atoms. The van der Waals surface area contributed by atoms with Gasteiger partial charge in [0.25, 0.3) is 0 Å². The Morgan fingerprint density at radius 3 is 2.90 bits per heavy atom. The number of nitrogens with zero attached hydrogens (tertiary/aromatic N) is 3. The van der Waals surface area contributed by atoms with Crippen LogP contribution in [0.3, 0.4) is 0 Å². The Morgan fingerprint density at radius 2 is 2.25 bits per heavy atom. The molecule has 1 aromatic carbocycles. The summed E-state index contributed by atoms with van der Waals surface area (Å²) in [6, 6.07) is 6.10. The fourth-order valence-electron chi connectivity index (χ4n) is 2.20. The molecule has 0 saturated carbocycles. The number of imidazole rings is 1. The maximum Gasteiger partial charge on any atom is 0.128 e. The minimum Gasteiger partial charge on any atom is -0.320 e. The maximum atomic E-state index is 6.28. The molecule has 0 aliphatic heterocycles. The highest BCUT2D eigenvalue weighted by molar-refractivity contribution is 9.10. The standard InChI is InChI=1S/C14H13BrClN3S/c1-8-6-17-13(20-8)7-19-12-4-3-10(15)5-11(12)18-14(19)9(2)16/h3-6,9H,7H2,1-2H3. The highest BCUT2D eigenvalue weighted by Crippen LogP contribution is 2.28. The predicted molar refractivity (Wildman–Crippen MR) is 87.7 cm³/mol. The molecule has 0 fully saturated rings. The van der Waals surface area contributed by atoms with Crippen molar-refractivity contribution in [3.8, 4) is 0 Å². The van der Waals surface area contributed by atoms with Crippen molar-refractivity contribution in [3.63, 3.8) is 0 Å². The molecule has 3 rings (SSSR count). The molecule has 3 nitrogen and oxygen atoms in total. The Labute approximate surface area is 134 Å². The van der Waals surface area contributed by atoms with Crippen LogP contribution in [0.15, 0.2) is 28.9 Å². The van der Waals surface area contributed by atoms with Crippen molar-refractivity contribution in [2.24, 2.45) is 0 Å². The van der Waals surface area contributed by atoms with Crippen molar-refractivity contribution in [1.82, 2.24) is 14.5 Å². The van der Waals surface area contributed by atoms with Crippen LogP contribution < -0.4 is 0 Å². The minimum atomic E-state index is -0.137. The van der Waals surface area contributed by atoms with Crippen LogP contribution in [0.5, 0.6) is 0 Å². The van der Waals surface area contributed by atoms with Crippen molar-refractivity contribution in [3.05, 3.63) is 44.6 Å². The molecule has 0 amide bonds. The Bertz CT molecular complexity index is 763. The van der Waals surface area contributed by atoms with Gasteiger partial charge >= 0.3 is 0 Å². The van der Waals surface area contributed by atoms with E-state index < -0.39 is 0 Å². The summed E-state index contributed by atoms with van der Waals surface area (Å²) in [4.78, 5) is 10.3. The van der Waals surface area contributed by atoms with Gasteiger partial charge in [0.05, 0.1) is 23.0 Å². The number of halogens is 2. The van der Waals surface area contributed by atoms with E-state index >= 15 is 0 Å². The molecule has 0 aliphatic carbocycles. The summed E-state index contributed by atoms with van der Waals surface area (Å²) in [6.07, 6.45) is 1.90. The third kappa shape index (κ3) is 2.62. The molecule has 0 N–H and O–H groups in total. The van der Waals surface area contributed by atoms with Crippen LogP contribution in [0.4, 0.5) is 0 Å². The van der Waals surface area contributed by atoms with Crippen LogP contribution in [0.25, 0.3) is 11.0 Å². The van der Waals surface area contributed by atoms with Gasteiger partial charge in [-0.05, 0) is 32.0 Å². The first-order chi connectivity index (χ1) is 9.54. The van der Waals surface area contributed by atoms with E-state index in [1.165, 1.54) is 4.88 Å². The van der Waals surface area contributed by atoms with Crippen molar-refractivity contribution in [1.29, 1.82) is 0 Å². The number of fused-ring (bicyclic) bond motifs is 1.